The van der Waals surface area contributed by atoms with Gasteiger partial charge in [-0.2, -0.15) is 0 Å². The van der Waals surface area contributed by atoms with Crippen molar-refractivity contribution in [1.29, 1.82) is 0 Å². The van der Waals surface area contributed by atoms with Gasteiger partial charge in [-0.1, -0.05) is 0 Å². The third-order valence-electron chi connectivity index (χ3n) is 3.26. The first-order valence-electron chi connectivity index (χ1n) is 6.23. The number of rotatable bonds is 1. The number of hydrogen-bond acceptors (Lipinski definition) is 3. The molecule has 3 aromatic heterocycles. The van der Waals surface area contributed by atoms with Gasteiger partial charge in [0.15, 0.2) is 0 Å². The Labute approximate surface area is 113 Å². The average Bonchev–Trinajstić information content (AvgIpc) is 2.88. The van der Waals surface area contributed by atoms with Crippen molar-refractivity contribution in [1.82, 2.24) is 19.9 Å². The number of fused-ring (bicyclic) bond motifs is 2. The van der Waals surface area contributed by atoms with E-state index in [-0.39, 0.29) is 5.56 Å². The summed E-state index contributed by atoms with van der Waals surface area (Å²) < 4.78 is 0. The van der Waals surface area contributed by atoms with Crippen LogP contribution in [0.4, 0.5) is 0 Å². The Kier molecular flexibility index (Phi) is 2.20. The highest BCUT2D eigenvalue weighted by Gasteiger charge is 2.06. The number of hydrogen-bond donors (Lipinski definition) is 2. The van der Waals surface area contributed by atoms with Crippen molar-refractivity contribution in [3.63, 3.8) is 0 Å². The number of benzene rings is 1. The lowest BCUT2D eigenvalue weighted by molar-refractivity contribution is 1.27. The van der Waals surface area contributed by atoms with Gasteiger partial charge in [0.25, 0.3) is 0 Å². The van der Waals surface area contributed by atoms with E-state index < -0.39 is 0 Å². The maximum absolute atomic E-state index is 11.4. The van der Waals surface area contributed by atoms with Crippen LogP contribution in [-0.2, 0) is 0 Å². The molecule has 0 spiro atoms. The van der Waals surface area contributed by atoms with E-state index >= 15 is 0 Å². The number of H-pyrrole nitrogens is 2. The SMILES string of the molecule is O=c1ccc2cc3nc(-c4cccnc4)[nH]c3cc2[nH]1. The molecule has 4 rings (SSSR count). The summed E-state index contributed by atoms with van der Waals surface area (Å²) in [7, 11) is 0. The van der Waals surface area contributed by atoms with Crippen LogP contribution in [0.5, 0.6) is 0 Å². The van der Waals surface area contributed by atoms with Crippen LogP contribution in [0.1, 0.15) is 0 Å². The zero-order valence-corrected chi connectivity index (χ0v) is 10.4. The molecule has 5 nitrogen and oxygen atoms in total. The van der Waals surface area contributed by atoms with E-state index in [0.29, 0.717) is 0 Å². The van der Waals surface area contributed by atoms with Gasteiger partial charge in [-0.05, 0) is 30.3 Å². The lowest BCUT2D eigenvalue weighted by Crippen LogP contribution is -2.01. The van der Waals surface area contributed by atoms with Gasteiger partial charge in [0.2, 0.25) is 5.56 Å². The Morgan fingerprint density at radius 2 is 1.95 bits per heavy atom. The Morgan fingerprint density at radius 1 is 1.00 bits per heavy atom. The minimum absolute atomic E-state index is 0.108. The molecule has 0 radical (unpaired) electrons. The van der Waals surface area contributed by atoms with Gasteiger partial charge in [0, 0.05) is 29.4 Å². The molecular formula is C15H10N4O. The fourth-order valence-electron chi connectivity index (χ4n) is 2.30. The zero-order valence-electron chi connectivity index (χ0n) is 10.4. The fourth-order valence-corrected chi connectivity index (χ4v) is 2.30. The predicted octanol–water partition coefficient (Wildman–Crippen LogP) is 2.47. The molecule has 2 N–H and O–H groups in total. The van der Waals surface area contributed by atoms with Crippen molar-refractivity contribution in [3.05, 3.63) is 59.1 Å². The summed E-state index contributed by atoms with van der Waals surface area (Å²) in [4.78, 5) is 26.1. The number of imidazole rings is 1. The molecule has 1 aromatic carbocycles. The molecule has 0 amide bonds. The summed E-state index contributed by atoms with van der Waals surface area (Å²) in [6, 6.07) is 11.0. The molecule has 3 heterocycles. The molecule has 0 saturated heterocycles. The van der Waals surface area contributed by atoms with Crippen LogP contribution in [0, 0.1) is 0 Å². The van der Waals surface area contributed by atoms with Gasteiger partial charge in [-0.15, -0.1) is 0 Å². The lowest BCUT2D eigenvalue weighted by Gasteiger charge is -1.96. The van der Waals surface area contributed by atoms with Crippen LogP contribution in [-0.4, -0.2) is 19.9 Å². The summed E-state index contributed by atoms with van der Waals surface area (Å²) in [5, 5.41) is 0.960. The topological polar surface area (TPSA) is 74.4 Å². The Hall–Kier alpha value is -2.95. The van der Waals surface area contributed by atoms with Crippen LogP contribution in [0.2, 0.25) is 0 Å². The van der Waals surface area contributed by atoms with E-state index in [0.717, 1.165) is 33.3 Å². The molecule has 4 aromatic rings. The molecule has 0 fully saturated rings. The number of aromatic amines is 2. The van der Waals surface area contributed by atoms with Gasteiger partial charge < -0.3 is 9.97 Å². The van der Waals surface area contributed by atoms with E-state index in [9.17, 15) is 4.79 Å². The van der Waals surface area contributed by atoms with Crippen molar-refractivity contribution in [2.24, 2.45) is 0 Å². The average molecular weight is 262 g/mol. The Balaban J connectivity index is 1.99. The van der Waals surface area contributed by atoms with Crippen molar-refractivity contribution in [3.8, 4) is 11.4 Å². The predicted molar refractivity (Wildman–Crippen MR) is 77.5 cm³/mol. The Morgan fingerprint density at radius 3 is 2.80 bits per heavy atom. The standard InChI is InChI=1S/C15H10N4O/c20-14-4-3-9-6-12-13(7-11(9)17-14)19-15(18-12)10-2-1-5-16-8-10/h1-8H,(H,17,20)(H,18,19). The van der Waals surface area contributed by atoms with Crippen LogP contribution in [0.25, 0.3) is 33.3 Å². The molecule has 0 aliphatic carbocycles. The van der Waals surface area contributed by atoms with Gasteiger partial charge in [-0.25, -0.2) is 4.98 Å². The molecular weight excluding hydrogens is 252 g/mol. The molecule has 0 bridgehead atoms. The number of nitrogens with zero attached hydrogens (tertiary/aromatic N) is 2. The molecule has 0 saturated carbocycles. The smallest absolute Gasteiger partial charge is 0.248 e. The minimum Gasteiger partial charge on any atom is -0.338 e. The van der Waals surface area contributed by atoms with Gasteiger partial charge in [0.1, 0.15) is 5.82 Å². The minimum atomic E-state index is -0.108. The highest BCUT2D eigenvalue weighted by atomic mass is 16.1. The molecule has 0 unspecified atom stereocenters. The maximum atomic E-state index is 11.4. The molecule has 0 aliphatic heterocycles. The third kappa shape index (κ3) is 1.68. The molecule has 0 atom stereocenters. The largest absolute Gasteiger partial charge is 0.338 e. The quantitative estimate of drug-likeness (QED) is 0.553. The van der Waals surface area contributed by atoms with Crippen molar-refractivity contribution < 1.29 is 0 Å². The highest BCUT2D eigenvalue weighted by Crippen LogP contribution is 2.23. The summed E-state index contributed by atoms with van der Waals surface area (Å²) in [5.41, 5.74) is 3.37. The second kappa shape index (κ2) is 4.03. The van der Waals surface area contributed by atoms with E-state index in [1.165, 1.54) is 6.07 Å². The highest BCUT2D eigenvalue weighted by molar-refractivity contribution is 5.94. The summed E-state index contributed by atoms with van der Waals surface area (Å²) in [6.45, 7) is 0. The van der Waals surface area contributed by atoms with Gasteiger partial charge >= 0.3 is 0 Å². The number of aromatic nitrogens is 4. The zero-order chi connectivity index (χ0) is 13.5. The van der Waals surface area contributed by atoms with Crippen molar-refractivity contribution >= 4 is 21.9 Å². The second-order valence-corrected chi connectivity index (χ2v) is 4.61. The second-order valence-electron chi connectivity index (χ2n) is 4.61. The maximum Gasteiger partial charge on any atom is 0.248 e. The van der Waals surface area contributed by atoms with E-state index in [2.05, 4.69) is 19.9 Å². The number of pyridine rings is 2. The van der Waals surface area contributed by atoms with Crippen molar-refractivity contribution in [2.75, 3.05) is 0 Å². The monoisotopic (exact) mass is 262 g/mol. The third-order valence-corrected chi connectivity index (χ3v) is 3.26. The van der Waals surface area contributed by atoms with E-state index in [4.69, 9.17) is 0 Å². The van der Waals surface area contributed by atoms with Crippen LogP contribution in [0.15, 0.2) is 53.6 Å². The van der Waals surface area contributed by atoms with Gasteiger partial charge in [-0.3, -0.25) is 9.78 Å². The first kappa shape index (κ1) is 10.9. The first-order valence-corrected chi connectivity index (χ1v) is 6.23. The van der Waals surface area contributed by atoms with Crippen LogP contribution >= 0.6 is 0 Å². The first-order chi connectivity index (χ1) is 9.79. The molecule has 96 valence electrons. The molecule has 0 aliphatic rings. The van der Waals surface area contributed by atoms with Crippen molar-refractivity contribution in [2.45, 2.75) is 0 Å². The lowest BCUT2D eigenvalue weighted by atomic mass is 10.2. The van der Waals surface area contributed by atoms with E-state index in [1.807, 2.05) is 24.3 Å². The molecule has 20 heavy (non-hydrogen) atoms. The normalized spacial score (nSPS) is 11.2. The molecule has 5 heteroatoms. The summed E-state index contributed by atoms with van der Waals surface area (Å²) in [5.74, 6) is 0.769. The van der Waals surface area contributed by atoms with E-state index in [1.54, 1.807) is 18.5 Å². The van der Waals surface area contributed by atoms with Crippen LogP contribution < -0.4 is 5.56 Å². The number of nitrogens with one attached hydrogen (secondary N) is 2. The summed E-state index contributed by atoms with van der Waals surface area (Å²) in [6.07, 6.45) is 3.49. The Bertz CT molecular complexity index is 969. The van der Waals surface area contributed by atoms with Crippen LogP contribution in [0.3, 0.4) is 0 Å². The summed E-state index contributed by atoms with van der Waals surface area (Å²) >= 11 is 0. The fraction of sp³-hybridized carbons (Fsp3) is 0. The van der Waals surface area contributed by atoms with Gasteiger partial charge in [0.05, 0.1) is 16.6 Å².